The average molecular weight is 546 g/mol. The van der Waals surface area contributed by atoms with E-state index in [-0.39, 0.29) is 22.5 Å². The van der Waals surface area contributed by atoms with Gasteiger partial charge in [-0.15, -0.1) is 0 Å². The van der Waals surface area contributed by atoms with Crippen molar-refractivity contribution in [2.45, 2.75) is 11.8 Å². The van der Waals surface area contributed by atoms with Crippen molar-refractivity contribution in [1.82, 2.24) is 15.1 Å². The van der Waals surface area contributed by atoms with Crippen LogP contribution in [0.2, 0.25) is 5.02 Å². The van der Waals surface area contributed by atoms with Gasteiger partial charge >= 0.3 is 0 Å². The number of anilines is 2. The number of pyridine rings is 1. The lowest BCUT2D eigenvalue weighted by Gasteiger charge is -2.09. The van der Waals surface area contributed by atoms with Crippen LogP contribution in [0.15, 0.2) is 101 Å². The molecule has 5 aromatic rings. The van der Waals surface area contributed by atoms with Crippen molar-refractivity contribution in [2.24, 2.45) is 0 Å². The van der Waals surface area contributed by atoms with Crippen LogP contribution in [-0.4, -0.2) is 29.4 Å². The van der Waals surface area contributed by atoms with Crippen LogP contribution in [0.3, 0.4) is 0 Å². The number of sulfonamides is 1. The molecular formula is C27H20ClN5O4S. The predicted octanol–water partition coefficient (Wildman–Crippen LogP) is 5.81. The first-order chi connectivity index (χ1) is 18.3. The number of amides is 1. The Morgan fingerprint density at radius 1 is 0.947 bits per heavy atom. The topological polar surface area (TPSA) is 127 Å². The zero-order chi connectivity index (χ0) is 26.7. The molecule has 2 aromatic heterocycles. The monoisotopic (exact) mass is 545 g/mol. The number of halogens is 1. The maximum atomic E-state index is 12.8. The van der Waals surface area contributed by atoms with E-state index in [4.69, 9.17) is 16.1 Å². The third-order valence-corrected chi connectivity index (χ3v) is 7.22. The van der Waals surface area contributed by atoms with Crippen LogP contribution in [0, 0.1) is 6.92 Å². The molecule has 1 amide bonds. The molecule has 0 unspecified atom stereocenters. The molecule has 3 aromatic carbocycles. The Bertz CT molecular complexity index is 1720. The summed E-state index contributed by atoms with van der Waals surface area (Å²) in [7, 11) is -3.77. The minimum Gasteiger partial charge on any atom is -0.334 e. The maximum absolute atomic E-state index is 12.8. The van der Waals surface area contributed by atoms with Crippen molar-refractivity contribution < 1.29 is 17.7 Å². The maximum Gasteiger partial charge on any atom is 0.261 e. The summed E-state index contributed by atoms with van der Waals surface area (Å²) in [5.41, 5.74) is 3.22. The largest absolute Gasteiger partial charge is 0.334 e. The molecule has 0 aliphatic carbocycles. The van der Waals surface area contributed by atoms with Gasteiger partial charge in [-0.1, -0.05) is 40.5 Å². The number of nitrogens with one attached hydrogen (secondary N) is 2. The number of aromatic nitrogens is 3. The number of aryl methyl sites for hydroxylation is 1. The van der Waals surface area contributed by atoms with Gasteiger partial charge in [0.15, 0.2) is 0 Å². The van der Waals surface area contributed by atoms with E-state index < -0.39 is 10.0 Å². The van der Waals surface area contributed by atoms with Crippen LogP contribution in [0.5, 0.6) is 0 Å². The highest BCUT2D eigenvalue weighted by atomic mass is 35.5. The molecule has 190 valence electrons. The SMILES string of the molecule is Cc1ccc(S(=O)(=O)Nc2cccc(-c3nc(-c4ccc(NC(=O)c5cccnc5)cc4Cl)no3)c2)cc1. The van der Waals surface area contributed by atoms with E-state index in [1.54, 1.807) is 85.1 Å². The Hall–Kier alpha value is -4.54. The van der Waals surface area contributed by atoms with Crippen molar-refractivity contribution in [3.8, 4) is 22.8 Å². The Labute approximate surface area is 223 Å². The molecule has 9 nitrogen and oxygen atoms in total. The summed E-state index contributed by atoms with van der Waals surface area (Å²) in [5, 5.41) is 7.09. The number of hydrogen-bond acceptors (Lipinski definition) is 7. The Morgan fingerprint density at radius 3 is 2.50 bits per heavy atom. The van der Waals surface area contributed by atoms with Gasteiger partial charge in [-0.3, -0.25) is 14.5 Å². The van der Waals surface area contributed by atoms with E-state index in [2.05, 4.69) is 25.2 Å². The van der Waals surface area contributed by atoms with Gasteiger partial charge in [-0.2, -0.15) is 4.98 Å². The lowest BCUT2D eigenvalue weighted by molar-refractivity contribution is 0.102. The molecule has 38 heavy (non-hydrogen) atoms. The lowest BCUT2D eigenvalue weighted by atomic mass is 10.1. The van der Waals surface area contributed by atoms with Crippen LogP contribution in [0.25, 0.3) is 22.8 Å². The fourth-order valence-corrected chi connectivity index (χ4v) is 4.89. The third-order valence-electron chi connectivity index (χ3n) is 5.51. The summed E-state index contributed by atoms with van der Waals surface area (Å²) in [6.45, 7) is 1.88. The molecule has 0 bridgehead atoms. The Balaban J connectivity index is 1.33. The van der Waals surface area contributed by atoms with Crippen molar-refractivity contribution >= 4 is 38.9 Å². The molecule has 11 heteroatoms. The van der Waals surface area contributed by atoms with Gasteiger partial charge in [0.1, 0.15) is 0 Å². The zero-order valence-electron chi connectivity index (χ0n) is 19.9. The van der Waals surface area contributed by atoms with E-state index in [0.717, 1.165) is 5.56 Å². The standard InChI is InChI=1S/C27H20ClN5O4S/c1-17-7-10-22(11-8-17)38(35,36)33-21-6-2-4-18(14-21)27-31-25(32-37-27)23-12-9-20(15-24(23)28)30-26(34)19-5-3-13-29-16-19/h2-16,33H,1H3,(H,30,34). The number of hydrogen-bond donors (Lipinski definition) is 2. The average Bonchev–Trinajstić information content (AvgIpc) is 3.39. The second-order valence-electron chi connectivity index (χ2n) is 8.31. The number of rotatable bonds is 7. The first-order valence-electron chi connectivity index (χ1n) is 11.3. The van der Waals surface area contributed by atoms with Crippen molar-refractivity contribution in [3.63, 3.8) is 0 Å². The normalized spacial score (nSPS) is 11.2. The molecule has 2 N–H and O–H groups in total. The Morgan fingerprint density at radius 2 is 1.76 bits per heavy atom. The smallest absolute Gasteiger partial charge is 0.261 e. The predicted molar refractivity (Wildman–Crippen MR) is 144 cm³/mol. The van der Waals surface area contributed by atoms with Crippen LogP contribution in [-0.2, 0) is 10.0 Å². The highest BCUT2D eigenvalue weighted by Crippen LogP contribution is 2.31. The summed E-state index contributed by atoms with van der Waals surface area (Å²) in [6, 6.07) is 21.4. The van der Waals surface area contributed by atoms with Crippen LogP contribution in [0.4, 0.5) is 11.4 Å². The van der Waals surface area contributed by atoms with Gasteiger partial charge in [0.2, 0.25) is 5.82 Å². The molecule has 0 spiro atoms. The highest BCUT2D eigenvalue weighted by molar-refractivity contribution is 7.92. The first-order valence-corrected chi connectivity index (χ1v) is 13.2. The van der Waals surface area contributed by atoms with Crippen LogP contribution in [0.1, 0.15) is 15.9 Å². The molecular weight excluding hydrogens is 526 g/mol. The quantitative estimate of drug-likeness (QED) is 0.264. The van der Waals surface area contributed by atoms with E-state index in [1.165, 1.54) is 6.20 Å². The molecule has 0 atom stereocenters. The molecule has 0 fully saturated rings. The van der Waals surface area contributed by atoms with E-state index >= 15 is 0 Å². The lowest BCUT2D eigenvalue weighted by Crippen LogP contribution is -2.12. The number of carbonyl (C=O) groups excluding carboxylic acids is 1. The number of carbonyl (C=O) groups is 1. The third kappa shape index (κ3) is 5.56. The first kappa shape index (κ1) is 25.1. The summed E-state index contributed by atoms with van der Waals surface area (Å²) >= 11 is 6.45. The molecule has 0 saturated carbocycles. The summed E-state index contributed by atoms with van der Waals surface area (Å²) in [5.74, 6) is 0.101. The number of nitrogens with zero attached hydrogens (tertiary/aromatic N) is 3. The summed E-state index contributed by atoms with van der Waals surface area (Å²) in [6.07, 6.45) is 3.05. The van der Waals surface area contributed by atoms with Crippen LogP contribution >= 0.6 is 11.6 Å². The fraction of sp³-hybridized carbons (Fsp3) is 0.0370. The van der Waals surface area contributed by atoms with Gasteiger partial charge in [0, 0.05) is 34.9 Å². The van der Waals surface area contributed by atoms with Gasteiger partial charge in [0.25, 0.3) is 21.8 Å². The molecule has 0 radical (unpaired) electrons. The van der Waals surface area contributed by atoms with Crippen molar-refractivity contribution in [1.29, 1.82) is 0 Å². The minimum atomic E-state index is -3.77. The summed E-state index contributed by atoms with van der Waals surface area (Å²) in [4.78, 5) is 20.9. The van der Waals surface area contributed by atoms with E-state index in [0.29, 0.717) is 33.1 Å². The molecule has 0 saturated heterocycles. The molecule has 0 aliphatic rings. The second kappa shape index (κ2) is 10.4. The molecule has 2 heterocycles. The van der Waals surface area contributed by atoms with Gasteiger partial charge in [-0.05, 0) is 67.6 Å². The minimum absolute atomic E-state index is 0.156. The van der Waals surface area contributed by atoms with Crippen molar-refractivity contribution in [2.75, 3.05) is 10.0 Å². The highest BCUT2D eigenvalue weighted by Gasteiger charge is 2.17. The number of benzene rings is 3. The zero-order valence-corrected chi connectivity index (χ0v) is 21.5. The van der Waals surface area contributed by atoms with Crippen molar-refractivity contribution in [3.05, 3.63) is 107 Å². The van der Waals surface area contributed by atoms with Crippen LogP contribution < -0.4 is 10.0 Å². The Kier molecular flexibility index (Phi) is 6.91. The van der Waals surface area contributed by atoms with Gasteiger partial charge < -0.3 is 9.84 Å². The van der Waals surface area contributed by atoms with Gasteiger partial charge in [-0.25, -0.2) is 8.42 Å². The summed E-state index contributed by atoms with van der Waals surface area (Å²) < 4.78 is 33.5. The second-order valence-corrected chi connectivity index (χ2v) is 10.4. The fourth-order valence-electron chi connectivity index (χ4n) is 3.57. The van der Waals surface area contributed by atoms with Gasteiger partial charge in [0.05, 0.1) is 15.5 Å². The van der Waals surface area contributed by atoms with E-state index in [1.807, 2.05) is 6.92 Å². The molecule has 0 aliphatic heterocycles. The van der Waals surface area contributed by atoms with E-state index in [9.17, 15) is 13.2 Å². The molecule has 5 rings (SSSR count).